The minimum Gasteiger partial charge on any atom is -0.355 e. The molecule has 0 spiro atoms. The zero-order valence-corrected chi connectivity index (χ0v) is 17.0. The molecule has 26 heavy (non-hydrogen) atoms. The number of hydrogen-bond donors (Lipinski definition) is 1. The molecule has 2 saturated heterocycles. The van der Waals surface area contributed by atoms with Crippen molar-refractivity contribution >= 4 is 11.7 Å². The maximum absolute atomic E-state index is 13.0. The van der Waals surface area contributed by atoms with Crippen LogP contribution in [-0.4, -0.2) is 84.1 Å². The Labute approximate surface area is 156 Å². The molecule has 2 aliphatic heterocycles. The van der Waals surface area contributed by atoms with Crippen LogP contribution in [0.2, 0.25) is 0 Å². The Hall–Kier alpha value is -1.73. The lowest BCUT2D eigenvalue weighted by molar-refractivity contribution is 0.0639. The first-order valence-electron chi connectivity index (χ1n) is 9.49. The number of aromatic nitrogens is 2. The summed E-state index contributed by atoms with van der Waals surface area (Å²) in [5.74, 6) is 1.18. The summed E-state index contributed by atoms with van der Waals surface area (Å²) in [5, 5.41) is 3.44. The number of carbonyl (C=O) groups is 1. The Morgan fingerprint density at radius 3 is 2.58 bits per heavy atom. The van der Waals surface area contributed by atoms with Crippen LogP contribution in [0.25, 0.3) is 0 Å². The van der Waals surface area contributed by atoms with E-state index in [9.17, 15) is 4.79 Å². The first-order chi connectivity index (χ1) is 12.2. The summed E-state index contributed by atoms with van der Waals surface area (Å²) >= 11 is 0. The van der Waals surface area contributed by atoms with Crippen molar-refractivity contribution in [1.82, 2.24) is 25.1 Å². The Balaban J connectivity index is 1.85. The molecule has 0 bridgehead atoms. The average molecular weight is 361 g/mol. The van der Waals surface area contributed by atoms with E-state index in [1.165, 1.54) is 0 Å². The normalized spacial score (nSPS) is 23.0. The Kier molecular flexibility index (Phi) is 5.21. The number of aryl methyl sites for hydroxylation is 1. The minimum atomic E-state index is -0.0790. The van der Waals surface area contributed by atoms with Crippen LogP contribution >= 0.6 is 0 Å². The number of nitrogens with one attached hydrogen (secondary N) is 1. The van der Waals surface area contributed by atoms with Gasteiger partial charge >= 0.3 is 0 Å². The number of anilines is 1. The van der Waals surface area contributed by atoms with Crippen LogP contribution in [0.4, 0.5) is 5.82 Å². The van der Waals surface area contributed by atoms with Gasteiger partial charge in [0.05, 0.1) is 0 Å². The van der Waals surface area contributed by atoms with Crippen molar-refractivity contribution in [1.29, 1.82) is 0 Å². The predicted octanol–water partition coefficient (Wildman–Crippen LogP) is 1.06. The van der Waals surface area contributed by atoms with Gasteiger partial charge in [0.15, 0.2) is 0 Å². The summed E-state index contributed by atoms with van der Waals surface area (Å²) in [4.78, 5) is 28.7. The van der Waals surface area contributed by atoms with Crippen molar-refractivity contribution in [3.63, 3.8) is 0 Å². The molecular weight excluding hydrogens is 328 g/mol. The molecule has 3 heterocycles. The lowest BCUT2D eigenvalue weighted by Gasteiger charge is -2.38. The standard InChI is InChI=1S/C19H32N6O/c1-13-14(2)21-16(18(26)25-10-8-20-19(3,4)12-25)22-17(13)24-9-7-15(11-24)23(5)6/h15,20H,7-12H2,1-6H3/t15-/m1/s1. The number of piperazine rings is 1. The van der Waals surface area contributed by atoms with Gasteiger partial charge in [-0.2, -0.15) is 0 Å². The molecule has 144 valence electrons. The maximum Gasteiger partial charge on any atom is 0.291 e. The molecule has 0 aliphatic carbocycles. The Morgan fingerprint density at radius 2 is 1.96 bits per heavy atom. The second-order valence-electron chi connectivity index (χ2n) is 8.47. The van der Waals surface area contributed by atoms with Gasteiger partial charge in [-0.1, -0.05) is 0 Å². The van der Waals surface area contributed by atoms with Crippen LogP contribution in [0.15, 0.2) is 0 Å². The lowest BCUT2D eigenvalue weighted by atomic mass is 10.0. The van der Waals surface area contributed by atoms with Crippen LogP contribution in [-0.2, 0) is 0 Å². The smallest absolute Gasteiger partial charge is 0.291 e. The molecule has 1 aromatic rings. The highest BCUT2D eigenvalue weighted by molar-refractivity contribution is 5.91. The largest absolute Gasteiger partial charge is 0.355 e. The summed E-state index contributed by atoms with van der Waals surface area (Å²) in [7, 11) is 4.24. The number of carbonyl (C=O) groups excluding carboxylic acids is 1. The van der Waals surface area contributed by atoms with Crippen molar-refractivity contribution in [2.45, 2.75) is 45.7 Å². The molecule has 0 unspecified atom stereocenters. The van der Waals surface area contributed by atoms with E-state index < -0.39 is 0 Å². The molecule has 7 heteroatoms. The van der Waals surface area contributed by atoms with E-state index in [0.29, 0.717) is 25.0 Å². The second-order valence-corrected chi connectivity index (χ2v) is 8.47. The van der Waals surface area contributed by atoms with Gasteiger partial charge in [-0.15, -0.1) is 0 Å². The highest BCUT2D eigenvalue weighted by Gasteiger charge is 2.32. The number of amides is 1. The predicted molar refractivity (Wildman–Crippen MR) is 104 cm³/mol. The average Bonchev–Trinajstić information content (AvgIpc) is 3.05. The van der Waals surface area contributed by atoms with E-state index in [-0.39, 0.29) is 11.4 Å². The lowest BCUT2D eigenvalue weighted by Crippen LogP contribution is -2.58. The number of likely N-dealkylation sites (N-methyl/N-ethyl adjacent to an activating group) is 1. The topological polar surface area (TPSA) is 64.6 Å². The van der Waals surface area contributed by atoms with E-state index in [1.54, 1.807) is 0 Å². The van der Waals surface area contributed by atoms with Gasteiger partial charge in [-0.05, 0) is 48.2 Å². The first kappa shape index (κ1) is 19.0. The molecule has 1 N–H and O–H groups in total. The number of rotatable bonds is 3. The van der Waals surface area contributed by atoms with Gasteiger partial charge in [-0.3, -0.25) is 4.79 Å². The molecule has 0 saturated carbocycles. The van der Waals surface area contributed by atoms with E-state index in [1.807, 2.05) is 11.8 Å². The molecule has 0 radical (unpaired) electrons. The van der Waals surface area contributed by atoms with Crippen LogP contribution < -0.4 is 10.2 Å². The SMILES string of the molecule is Cc1nc(C(=O)N2CCNC(C)(C)C2)nc(N2CC[C@@H](N(C)C)C2)c1C. The molecule has 0 aromatic carbocycles. The van der Waals surface area contributed by atoms with E-state index in [0.717, 1.165) is 43.1 Å². The zero-order valence-electron chi connectivity index (χ0n) is 17.0. The van der Waals surface area contributed by atoms with Gasteiger partial charge in [0.2, 0.25) is 5.82 Å². The maximum atomic E-state index is 13.0. The third-order valence-electron chi connectivity index (χ3n) is 5.61. The van der Waals surface area contributed by atoms with Crippen LogP contribution in [0.3, 0.4) is 0 Å². The fraction of sp³-hybridized carbons (Fsp3) is 0.737. The Morgan fingerprint density at radius 1 is 1.23 bits per heavy atom. The van der Waals surface area contributed by atoms with Gasteiger partial charge in [0.1, 0.15) is 5.82 Å². The summed E-state index contributed by atoms with van der Waals surface area (Å²) in [6.45, 7) is 12.3. The molecule has 1 amide bonds. The summed E-state index contributed by atoms with van der Waals surface area (Å²) in [6.07, 6.45) is 1.12. The second kappa shape index (κ2) is 7.12. The van der Waals surface area contributed by atoms with Gasteiger partial charge in [0, 0.05) is 55.6 Å². The fourth-order valence-electron chi connectivity index (χ4n) is 3.83. The highest BCUT2D eigenvalue weighted by atomic mass is 16.2. The summed E-state index contributed by atoms with van der Waals surface area (Å²) in [5.41, 5.74) is 1.88. The van der Waals surface area contributed by atoms with Crippen molar-refractivity contribution < 1.29 is 4.79 Å². The van der Waals surface area contributed by atoms with Crippen molar-refractivity contribution in [2.75, 3.05) is 51.7 Å². The summed E-state index contributed by atoms with van der Waals surface area (Å²) in [6, 6.07) is 0.526. The van der Waals surface area contributed by atoms with Crippen molar-refractivity contribution in [3.05, 3.63) is 17.1 Å². The number of hydrogen-bond acceptors (Lipinski definition) is 6. The molecule has 2 fully saturated rings. The summed E-state index contributed by atoms with van der Waals surface area (Å²) < 4.78 is 0. The van der Waals surface area contributed by atoms with Gasteiger partial charge in [-0.25, -0.2) is 9.97 Å². The molecule has 3 rings (SSSR count). The first-order valence-corrected chi connectivity index (χ1v) is 9.49. The van der Waals surface area contributed by atoms with Gasteiger partial charge < -0.3 is 20.0 Å². The van der Waals surface area contributed by atoms with E-state index in [2.05, 4.69) is 55.0 Å². The van der Waals surface area contributed by atoms with Crippen molar-refractivity contribution in [3.8, 4) is 0 Å². The Bertz CT molecular complexity index is 687. The van der Waals surface area contributed by atoms with E-state index >= 15 is 0 Å². The van der Waals surface area contributed by atoms with Gasteiger partial charge in [0.25, 0.3) is 5.91 Å². The molecule has 7 nitrogen and oxygen atoms in total. The van der Waals surface area contributed by atoms with Crippen molar-refractivity contribution in [2.24, 2.45) is 0 Å². The molecule has 1 aromatic heterocycles. The zero-order chi connectivity index (χ0) is 19.1. The number of nitrogens with zero attached hydrogens (tertiary/aromatic N) is 5. The molecule has 2 aliphatic rings. The quantitative estimate of drug-likeness (QED) is 0.870. The van der Waals surface area contributed by atoms with Crippen LogP contribution in [0, 0.1) is 13.8 Å². The monoisotopic (exact) mass is 360 g/mol. The molecular formula is C19H32N6O. The minimum absolute atomic E-state index is 0.0627. The van der Waals surface area contributed by atoms with E-state index in [4.69, 9.17) is 4.98 Å². The molecule has 1 atom stereocenters. The fourth-order valence-corrected chi connectivity index (χ4v) is 3.83. The third kappa shape index (κ3) is 3.83. The van der Waals surface area contributed by atoms with Crippen LogP contribution in [0.5, 0.6) is 0 Å². The highest BCUT2D eigenvalue weighted by Crippen LogP contribution is 2.25. The third-order valence-corrected chi connectivity index (χ3v) is 5.61. The van der Waals surface area contributed by atoms with Crippen LogP contribution in [0.1, 0.15) is 42.1 Å².